The predicted octanol–water partition coefficient (Wildman–Crippen LogP) is 1.57. The fourth-order valence-electron chi connectivity index (χ4n) is 4.72. The highest BCUT2D eigenvalue weighted by Crippen LogP contribution is 2.34. The van der Waals surface area contributed by atoms with Crippen LogP contribution in [0.25, 0.3) is 0 Å². The van der Waals surface area contributed by atoms with Gasteiger partial charge in [-0.05, 0) is 43.7 Å². The first kappa shape index (κ1) is 18.4. The van der Waals surface area contributed by atoms with E-state index in [1.807, 2.05) is 28.0 Å². The average Bonchev–Trinajstić information content (AvgIpc) is 3.17. The number of nitrogens with zero attached hydrogens (tertiary/aromatic N) is 2. The highest BCUT2D eigenvalue weighted by Gasteiger charge is 2.43. The second-order valence-corrected chi connectivity index (χ2v) is 8.03. The van der Waals surface area contributed by atoms with Crippen molar-refractivity contribution in [2.24, 2.45) is 17.1 Å². The van der Waals surface area contributed by atoms with Crippen molar-refractivity contribution < 1.29 is 14.3 Å². The third-order valence-electron chi connectivity index (χ3n) is 6.58. The Balaban J connectivity index is 1.38. The molecule has 6 nitrogen and oxygen atoms in total. The Morgan fingerprint density at radius 3 is 2.52 bits per heavy atom. The van der Waals surface area contributed by atoms with E-state index < -0.39 is 5.41 Å². The second kappa shape index (κ2) is 7.60. The highest BCUT2D eigenvalue weighted by molar-refractivity contribution is 5.97. The van der Waals surface area contributed by atoms with Crippen LogP contribution in [-0.4, -0.2) is 56.1 Å². The molecule has 6 heteroatoms. The van der Waals surface area contributed by atoms with Crippen LogP contribution in [0.1, 0.15) is 31.2 Å². The van der Waals surface area contributed by atoms with Crippen LogP contribution in [0.15, 0.2) is 24.3 Å². The molecule has 0 saturated carbocycles. The predicted molar refractivity (Wildman–Crippen MR) is 103 cm³/mol. The molecule has 0 bridgehead atoms. The summed E-state index contributed by atoms with van der Waals surface area (Å²) in [6, 6.07) is 8.16. The van der Waals surface area contributed by atoms with Gasteiger partial charge in [0.2, 0.25) is 11.8 Å². The molecule has 0 radical (unpaired) electrons. The number of rotatable bonds is 3. The Hall–Kier alpha value is -1.92. The smallest absolute Gasteiger partial charge is 0.230 e. The number of benzene rings is 1. The molecule has 3 heterocycles. The Morgan fingerprint density at radius 1 is 1.11 bits per heavy atom. The van der Waals surface area contributed by atoms with Crippen LogP contribution >= 0.6 is 0 Å². The number of anilines is 1. The molecule has 0 aliphatic carbocycles. The summed E-state index contributed by atoms with van der Waals surface area (Å²) in [6.45, 7) is 3.64. The van der Waals surface area contributed by atoms with Gasteiger partial charge >= 0.3 is 0 Å². The van der Waals surface area contributed by atoms with Crippen molar-refractivity contribution in [1.82, 2.24) is 4.90 Å². The Kier molecular flexibility index (Phi) is 5.19. The van der Waals surface area contributed by atoms with Crippen LogP contribution in [0.5, 0.6) is 0 Å². The van der Waals surface area contributed by atoms with E-state index in [0.717, 1.165) is 31.5 Å². The van der Waals surface area contributed by atoms with E-state index in [4.69, 9.17) is 10.5 Å². The van der Waals surface area contributed by atoms with Crippen molar-refractivity contribution in [2.75, 3.05) is 44.3 Å². The lowest BCUT2D eigenvalue weighted by atomic mass is 9.78. The molecule has 3 aliphatic heterocycles. The van der Waals surface area contributed by atoms with Crippen molar-refractivity contribution in [3.8, 4) is 0 Å². The number of hydrogen-bond donors (Lipinski definition) is 1. The zero-order chi connectivity index (χ0) is 18.9. The molecular weight excluding hydrogens is 342 g/mol. The molecular formula is C21H29N3O3. The maximum absolute atomic E-state index is 13.1. The number of carbonyl (C=O) groups excluding carboxylic acids is 2. The summed E-state index contributed by atoms with van der Waals surface area (Å²) >= 11 is 0. The standard InChI is InChI=1S/C21H29N3O3/c22-15-21(8-13-27-14-9-21)20(26)23-10-5-17(6-11-23)19(25)24-12-7-16-3-1-2-4-18(16)24/h1-4,17H,5-15,22H2. The third kappa shape index (κ3) is 3.36. The number of likely N-dealkylation sites (tertiary alicyclic amines) is 1. The lowest BCUT2D eigenvalue weighted by Gasteiger charge is -2.41. The van der Waals surface area contributed by atoms with E-state index in [-0.39, 0.29) is 17.7 Å². The van der Waals surface area contributed by atoms with Crippen molar-refractivity contribution in [1.29, 1.82) is 0 Å². The summed E-state index contributed by atoms with van der Waals surface area (Å²) in [6.07, 6.45) is 3.80. The molecule has 27 heavy (non-hydrogen) atoms. The maximum Gasteiger partial charge on any atom is 0.230 e. The van der Waals surface area contributed by atoms with Crippen molar-refractivity contribution in [3.63, 3.8) is 0 Å². The lowest BCUT2D eigenvalue weighted by molar-refractivity contribution is -0.149. The number of amides is 2. The van der Waals surface area contributed by atoms with Crippen LogP contribution in [0, 0.1) is 11.3 Å². The van der Waals surface area contributed by atoms with Gasteiger partial charge in [-0.1, -0.05) is 18.2 Å². The summed E-state index contributed by atoms with van der Waals surface area (Å²) < 4.78 is 5.42. The van der Waals surface area contributed by atoms with Gasteiger partial charge in [-0.3, -0.25) is 9.59 Å². The molecule has 0 spiro atoms. The molecule has 0 aromatic heterocycles. The summed E-state index contributed by atoms with van der Waals surface area (Å²) in [4.78, 5) is 30.0. The van der Waals surface area contributed by atoms with Gasteiger partial charge in [0.25, 0.3) is 0 Å². The highest BCUT2D eigenvalue weighted by atomic mass is 16.5. The number of para-hydroxylation sites is 1. The number of hydrogen-bond acceptors (Lipinski definition) is 4. The number of fused-ring (bicyclic) bond motifs is 1. The number of nitrogens with two attached hydrogens (primary N) is 1. The molecule has 0 unspecified atom stereocenters. The average molecular weight is 371 g/mol. The van der Waals surface area contributed by atoms with Crippen molar-refractivity contribution in [2.45, 2.75) is 32.1 Å². The minimum Gasteiger partial charge on any atom is -0.381 e. The second-order valence-electron chi connectivity index (χ2n) is 8.03. The normalized spacial score (nSPS) is 22.6. The molecule has 2 amide bonds. The molecule has 0 atom stereocenters. The monoisotopic (exact) mass is 371 g/mol. The molecule has 1 aromatic rings. The van der Waals surface area contributed by atoms with Gasteiger partial charge in [0.05, 0.1) is 5.41 Å². The minimum absolute atomic E-state index is 0.00345. The van der Waals surface area contributed by atoms with Crippen LogP contribution in [0.4, 0.5) is 5.69 Å². The van der Waals surface area contributed by atoms with Crippen LogP contribution in [-0.2, 0) is 20.7 Å². The van der Waals surface area contributed by atoms with E-state index in [9.17, 15) is 9.59 Å². The van der Waals surface area contributed by atoms with E-state index in [1.165, 1.54) is 5.56 Å². The van der Waals surface area contributed by atoms with Gasteiger partial charge in [0, 0.05) is 51.0 Å². The van der Waals surface area contributed by atoms with Gasteiger partial charge in [0.1, 0.15) is 0 Å². The van der Waals surface area contributed by atoms with Gasteiger partial charge < -0.3 is 20.3 Å². The van der Waals surface area contributed by atoms with Crippen LogP contribution < -0.4 is 10.6 Å². The SMILES string of the molecule is NCC1(C(=O)N2CCC(C(=O)N3CCc4ccccc43)CC2)CCOCC1. The van der Waals surface area contributed by atoms with Crippen LogP contribution in [0.2, 0.25) is 0 Å². The first-order valence-corrected chi connectivity index (χ1v) is 10.1. The fraction of sp³-hybridized carbons (Fsp3) is 0.619. The Bertz CT molecular complexity index is 706. The largest absolute Gasteiger partial charge is 0.381 e. The zero-order valence-corrected chi connectivity index (χ0v) is 15.9. The molecule has 2 fully saturated rings. The topological polar surface area (TPSA) is 75.9 Å². The summed E-state index contributed by atoms with van der Waals surface area (Å²) in [5.74, 6) is 0.376. The van der Waals surface area contributed by atoms with Crippen molar-refractivity contribution in [3.05, 3.63) is 29.8 Å². The fourth-order valence-corrected chi connectivity index (χ4v) is 4.72. The number of carbonyl (C=O) groups is 2. The Labute approximate surface area is 160 Å². The van der Waals surface area contributed by atoms with E-state index in [2.05, 4.69) is 6.07 Å². The maximum atomic E-state index is 13.1. The first-order valence-electron chi connectivity index (χ1n) is 10.1. The molecule has 4 rings (SSSR count). The summed E-state index contributed by atoms with van der Waals surface area (Å²) in [5.41, 5.74) is 7.83. The molecule has 146 valence electrons. The van der Waals surface area contributed by atoms with Crippen LogP contribution in [0.3, 0.4) is 0 Å². The number of piperidine rings is 1. The first-order chi connectivity index (χ1) is 13.1. The quantitative estimate of drug-likeness (QED) is 0.875. The lowest BCUT2D eigenvalue weighted by Crippen LogP contribution is -2.53. The zero-order valence-electron chi connectivity index (χ0n) is 15.9. The van der Waals surface area contributed by atoms with Gasteiger partial charge in [-0.25, -0.2) is 0 Å². The van der Waals surface area contributed by atoms with Gasteiger partial charge in [-0.15, -0.1) is 0 Å². The third-order valence-corrected chi connectivity index (χ3v) is 6.58. The Morgan fingerprint density at radius 2 is 1.81 bits per heavy atom. The molecule has 2 N–H and O–H groups in total. The summed E-state index contributed by atoms with van der Waals surface area (Å²) in [7, 11) is 0. The molecule has 1 aromatic carbocycles. The van der Waals surface area contributed by atoms with E-state index >= 15 is 0 Å². The molecule has 3 aliphatic rings. The molecule has 2 saturated heterocycles. The number of ether oxygens (including phenoxy) is 1. The van der Waals surface area contributed by atoms with E-state index in [1.54, 1.807) is 0 Å². The van der Waals surface area contributed by atoms with Gasteiger partial charge in [-0.2, -0.15) is 0 Å². The van der Waals surface area contributed by atoms with Crippen molar-refractivity contribution >= 4 is 17.5 Å². The van der Waals surface area contributed by atoms with Gasteiger partial charge in [0.15, 0.2) is 0 Å². The van der Waals surface area contributed by atoms with E-state index in [0.29, 0.717) is 45.7 Å². The minimum atomic E-state index is -0.469. The summed E-state index contributed by atoms with van der Waals surface area (Å²) in [5, 5.41) is 0.